The van der Waals surface area contributed by atoms with Gasteiger partial charge in [-0.2, -0.15) is 0 Å². The number of aromatic nitrogens is 2. The molecule has 0 unspecified atom stereocenters. The highest BCUT2D eigenvalue weighted by Crippen LogP contribution is 2.27. The normalized spacial score (nSPS) is 10.6. The molecule has 5 nitrogen and oxygen atoms in total. The van der Waals surface area contributed by atoms with Gasteiger partial charge in [-0.25, -0.2) is 19.2 Å². The number of aryl methyl sites for hydroxylation is 1. The van der Waals surface area contributed by atoms with Gasteiger partial charge in [0, 0.05) is 34.4 Å². The summed E-state index contributed by atoms with van der Waals surface area (Å²) >= 11 is 3.11. The fourth-order valence-corrected chi connectivity index (χ4v) is 4.11. The molecule has 0 saturated heterocycles. The number of amides is 2. The largest absolute Gasteiger partial charge is 0.338 e. The predicted molar refractivity (Wildman–Crippen MR) is 116 cm³/mol. The van der Waals surface area contributed by atoms with E-state index < -0.39 is 0 Å². The van der Waals surface area contributed by atoms with Crippen LogP contribution in [0.2, 0.25) is 0 Å². The molecule has 150 valence electrons. The number of carbonyl (C=O) groups excluding carboxylic acids is 1. The molecule has 0 saturated carbocycles. The quantitative estimate of drug-likeness (QED) is 0.286. The monoisotopic (exact) mass is 428 g/mol. The fourth-order valence-electron chi connectivity index (χ4n) is 2.44. The van der Waals surface area contributed by atoms with Crippen LogP contribution in [0.1, 0.15) is 12.0 Å². The third-order valence-corrected chi connectivity index (χ3v) is 5.87. The van der Waals surface area contributed by atoms with E-state index in [0.29, 0.717) is 11.7 Å². The Labute approximate surface area is 177 Å². The van der Waals surface area contributed by atoms with Crippen molar-refractivity contribution in [2.75, 3.05) is 17.6 Å². The van der Waals surface area contributed by atoms with Crippen LogP contribution >= 0.6 is 23.5 Å². The van der Waals surface area contributed by atoms with E-state index in [2.05, 4.69) is 20.6 Å². The van der Waals surface area contributed by atoms with Crippen molar-refractivity contribution in [2.45, 2.75) is 28.3 Å². The number of thioether (sulfide) groups is 1. The molecular weight excluding hydrogens is 407 g/mol. The van der Waals surface area contributed by atoms with Crippen molar-refractivity contribution in [3.05, 3.63) is 72.3 Å². The highest BCUT2D eigenvalue weighted by molar-refractivity contribution is 7.99. The van der Waals surface area contributed by atoms with Gasteiger partial charge in [-0.1, -0.05) is 0 Å². The van der Waals surface area contributed by atoms with Crippen LogP contribution in [0.25, 0.3) is 0 Å². The molecule has 8 heteroatoms. The number of anilines is 1. The number of benzene rings is 2. The molecule has 3 aromatic rings. The van der Waals surface area contributed by atoms with E-state index >= 15 is 0 Å². The van der Waals surface area contributed by atoms with Crippen LogP contribution in [-0.4, -0.2) is 28.3 Å². The zero-order valence-electron chi connectivity index (χ0n) is 15.9. The summed E-state index contributed by atoms with van der Waals surface area (Å²) in [5.74, 6) is 0.612. The SMILES string of the molecule is Cc1cc(Sc2ncccn2)ccc1NC(=O)NCCCSc1ccc(F)cc1. The van der Waals surface area contributed by atoms with Gasteiger partial charge in [0.1, 0.15) is 5.82 Å². The first-order chi connectivity index (χ1) is 14.1. The summed E-state index contributed by atoms with van der Waals surface area (Å²) in [4.78, 5) is 22.5. The molecule has 3 rings (SSSR count). The Balaban J connectivity index is 1.40. The molecule has 0 fully saturated rings. The number of carbonyl (C=O) groups is 1. The Morgan fingerprint density at radius 2 is 1.79 bits per heavy atom. The molecule has 0 bridgehead atoms. The standard InChI is InChI=1S/C21H21FN4OS2/c1-15-14-18(29-21-24-10-2-11-25-21)8-9-19(15)26-20(27)23-12-3-13-28-17-6-4-16(22)5-7-17/h2,4-11,14H,3,12-13H2,1H3,(H2,23,26,27). The fraction of sp³-hybridized carbons (Fsp3) is 0.190. The average molecular weight is 429 g/mol. The van der Waals surface area contributed by atoms with E-state index in [1.807, 2.05) is 25.1 Å². The van der Waals surface area contributed by atoms with Crippen LogP contribution < -0.4 is 10.6 Å². The maximum atomic E-state index is 12.9. The minimum atomic E-state index is -0.233. The number of urea groups is 1. The zero-order valence-corrected chi connectivity index (χ0v) is 17.5. The van der Waals surface area contributed by atoms with Gasteiger partial charge in [-0.05, 0) is 85.0 Å². The maximum Gasteiger partial charge on any atom is 0.319 e. The lowest BCUT2D eigenvalue weighted by molar-refractivity contribution is 0.252. The molecule has 0 spiro atoms. The van der Waals surface area contributed by atoms with E-state index in [-0.39, 0.29) is 11.8 Å². The molecule has 0 atom stereocenters. The van der Waals surface area contributed by atoms with Gasteiger partial charge >= 0.3 is 6.03 Å². The van der Waals surface area contributed by atoms with Crippen molar-refractivity contribution in [2.24, 2.45) is 0 Å². The lowest BCUT2D eigenvalue weighted by Crippen LogP contribution is -2.30. The first-order valence-electron chi connectivity index (χ1n) is 9.09. The summed E-state index contributed by atoms with van der Waals surface area (Å²) in [6, 6.07) is 13.8. The minimum absolute atomic E-state index is 0.230. The second-order valence-corrected chi connectivity index (χ2v) is 8.36. The molecular formula is C21H21FN4OS2. The van der Waals surface area contributed by atoms with E-state index in [0.717, 1.165) is 33.2 Å². The van der Waals surface area contributed by atoms with Crippen LogP contribution in [-0.2, 0) is 0 Å². The molecule has 2 aromatic carbocycles. The third-order valence-electron chi connectivity index (χ3n) is 3.89. The Hall–Kier alpha value is -2.58. The summed E-state index contributed by atoms with van der Waals surface area (Å²) in [5.41, 5.74) is 1.73. The Morgan fingerprint density at radius 3 is 2.52 bits per heavy atom. The van der Waals surface area contributed by atoms with Crippen molar-refractivity contribution in [1.29, 1.82) is 0 Å². The highest BCUT2D eigenvalue weighted by atomic mass is 32.2. The molecule has 1 aromatic heterocycles. The number of nitrogens with zero attached hydrogens (tertiary/aromatic N) is 2. The van der Waals surface area contributed by atoms with Crippen LogP contribution in [0.15, 0.2) is 75.9 Å². The smallest absolute Gasteiger partial charge is 0.319 e. The zero-order chi connectivity index (χ0) is 20.5. The second-order valence-electron chi connectivity index (χ2n) is 6.15. The van der Waals surface area contributed by atoms with Crippen molar-refractivity contribution < 1.29 is 9.18 Å². The predicted octanol–water partition coefficient (Wildman–Crippen LogP) is 5.38. The average Bonchev–Trinajstić information content (AvgIpc) is 2.72. The van der Waals surface area contributed by atoms with Crippen LogP contribution in [0.4, 0.5) is 14.9 Å². The maximum absolute atomic E-state index is 12.9. The van der Waals surface area contributed by atoms with Crippen LogP contribution in [0.3, 0.4) is 0 Å². The molecule has 1 heterocycles. The number of rotatable bonds is 8. The molecule has 0 aliphatic rings. The summed E-state index contributed by atoms with van der Waals surface area (Å²) in [5, 5.41) is 6.42. The van der Waals surface area contributed by atoms with Crippen LogP contribution in [0, 0.1) is 12.7 Å². The molecule has 2 amide bonds. The van der Waals surface area contributed by atoms with Crippen molar-refractivity contribution in [3.63, 3.8) is 0 Å². The summed E-state index contributed by atoms with van der Waals surface area (Å²) in [6.45, 7) is 2.52. The van der Waals surface area contributed by atoms with E-state index in [1.54, 1.807) is 42.4 Å². The third kappa shape index (κ3) is 7.07. The van der Waals surface area contributed by atoms with E-state index in [1.165, 1.54) is 23.9 Å². The summed E-state index contributed by atoms with van der Waals surface area (Å²) < 4.78 is 12.9. The Morgan fingerprint density at radius 1 is 1.07 bits per heavy atom. The molecule has 0 radical (unpaired) electrons. The lowest BCUT2D eigenvalue weighted by Gasteiger charge is -2.11. The van der Waals surface area contributed by atoms with Gasteiger partial charge in [-0.3, -0.25) is 0 Å². The first kappa shape index (κ1) is 21.1. The number of nitrogens with one attached hydrogen (secondary N) is 2. The Bertz CT molecular complexity index is 939. The van der Waals surface area contributed by atoms with Crippen LogP contribution in [0.5, 0.6) is 0 Å². The lowest BCUT2D eigenvalue weighted by atomic mass is 10.2. The van der Waals surface area contributed by atoms with E-state index in [4.69, 9.17) is 0 Å². The molecule has 29 heavy (non-hydrogen) atoms. The van der Waals surface area contributed by atoms with Crippen molar-refractivity contribution in [3.8, 4) is 0 Å². The first-order valence-corrected chi connectivity index (χ1v) is 10.9. The molecule has 0 aliphatic heterocycles. The number of hydrogen-bond donors (Lipinski definition) is 2. The van der Waals surface area contributed by atoms with Gasteiger partial charge in [0.05, 0.1) is 0 Å². The van der Waals surface area contributed by atoms with E-state index in [9.17, 15) is 9.18 Å². The highest BCUT2D eigenvalue weighted by Gasteiger charge is 2.07. The number of halogens is 1. The topological polar surface area (TPSA) is 66.9 Å². The molecule has 0 aliphatic carbocycles. The van der Waals surface area contributed by atoms with Gasteiger partial charge in [0.2, 0.25) is 0 Å². The number of hydrogen-bond acceptors (Lipinski definition) is 5. The van der Waals surface area contributed by atoms with Gasteiger partial charge in [-0.15, -0.1) is 11.8 Å². The minimum Gasteiger partial charge on any atom is -0.338 e. The van der Waals surface area contributed by atoms with Crippen molar-refractivity contribution in [1.82, 2.24) is 15.3 Å². The molecule has 2 N–H and O–H groups in total. The van der Waals surface area contributed by atoms with Gasteiger partial charge < -0.3 is 10.6 Å². The second kappa shape index (κ2) is 10.8. The summed E-state index contributed by atoms with van der Waals surface area (Å²) in [7, 11) is 0. The van der Waals surface area contributed by atoms with Gasteiger partial charge in [0.15, 0.2) is 5.16 Å². The van der Waals surface area contributed by atoms with Gasteiger partial charge in [0.25, 0.3) is 0 Å². The Kier molecular flexibility index (Phi) is 7.89. The summed E-state index contributed by atoms with van der Waals surface area (Å²) in [6.07, 6.45) is 4.24. The van der Waals surface area contributed by atoms with Crippen molar-refractivity contribution >= 4 is 35.2 Å².